The third-order valence-corrected chi connectivity index (χ3v) is 6.42. The average molecular weight is 358 g/mol. The van der Waals surface area contributed by atoms with Crippen molar-refractivity contribution >= 4 is 11.6 Å². The van der Waals surface area contributed by atoms with Crippen molar-refractivity contribution < 1.29 is 9.59 Å². The van der Waals surface area contributed by atoms with Crippen LogP contribution in [0.5, 0.6) is 0 Å². The molecular weight excluding hydrogens is 336 g/mol. The van der Waals surface area contributed by atoms with Gasteiger partial charge in [0.15, 0.2) is 11.6 Å². The lowest BCUT2D eigenvalue weighted by Crippen LogP contribution is -2.53. The SMILES string of the molecule is CCC#C[C@]12C=C(C#N)C(=O)C=C1[C@@]1(C)C=C(C#N)C(=O)C(C)(C)[C@@H]1CC2. The molecule has 136 valence electrons. The first-order valence-corrected chi connectivity index (χ1v) is 9.24. The maximum Gasteiger partial charge on any atom is 0.196 e. The highest BCUT2D eigenvalue weighted by Gasteiger charge is 2.59. The molecular formula is C23H22N2O2. The van der Waals surface area contributed by atoms with Crippen LogP contribution in [0.3, 0.4) is 0 Å². The van der Waals surface area contributed by atoms with Crippen LogP contribution in [-0.2, 0) is 9.59 Å². The fourth-order valence-electron chi connectivity index (χ4n) is 5.18. The number of fused-ring (bicyclic) bond motifs is 3. The molecule has 1 fully saturated rings. The lowest BCUT2D eigenvalue weighted by Gasteiger charge is -2.56. The molecule has 3 atom stereocenters. The lowest BCUT2D eigenvalue weighted by molar-refractivity contribution is -0.130. The summed E-state index contributed by atoms with van der Waals surface area (Å²) in [5, 5.41) is 18.9. The first-order chi connectivity index (χ1) is 12.7. The zero-order valence-corrected chi connectivity index (χ0v) is 16.1. The topological polar surface area (TPSA) is 81.7 Å². The van der Waals surface area contributed by atoms with Gasteiger partial charge in [-0.3, -0.25) is 9.59 Å². The van der Waals surface area contributed by atoms with E-state index in [2.05, 4.69) is 11.8 Å². The van der Waals surface area contributed by atoms with Gasteiger partial charge in [-0.2, -0.15) is 10.5 Å². The molecule has 0 radical (unpaired) electrons. The second kappa shape index (κ2) is 6.07. The predicted molar refractivity (Wildman–Crippen MR) is 101 cm³/mol. The maximum absolute atomic E-state index is 12.8. The Morgan fingerprint density at radius 2 is 1.78 bits per heavy atom. The van der Waals surface area contributed by atoms with Crippen LogP contribution in [0.25, 0.3) is 0 Å². The van der Waals surface area contributed by atoms with E-state index in [1.165, 1.54) is 6.08 Å². The number of nitriles is 2. The zero-order chi connectivity index (χ0) is 20.0. The van der Waals surface area contributed by atoms with E-state index in [1.54, 1.807) is 12.2 Å². The number of hydrogen-bond donors (Lipinski definition) is 0. The van der Waals surface area contributed by atoms with Crippen LogP contribution in [0.2, 0.25) is 0 Å². The monoisotopic (exact) mass is 358 g/mol. The molecule has 4 heteroatoms. The Bertz CT molecular complexity index is 984. The highest BCUT2D eigenvalue weighted by atomic mass is 16.1. The Kier molecular flexibility index (Phi) is 4.25. The molecule has 0 spiro atoms. The molecule has 3 aliphatic rings. The molecule has 0 heterocycles. The number of carbonyl (C=O) groups excluding carboxylic acids is 2. The lowest BCUT2D eigenvalue weighted by atomic mass is 9.45. The maximum atomic E-state index is 12.8. The number of rotatable bonds is 0. The van der Waals surface area contributed by atoms with Gasteiger partial charge in [-0.05, 0) is 36.5 Å². The molecule has 0 unspecified atom stereocenters. The minimum absolute atomic E-state index is 0.0396. The Morgan fingerprint density at radius 1 is 1.11 bits per heavy atom. The van der Waals surface area contributed by atoms with Crippen molar-refractivity contribution in [3.8, 4) is 24.0 Å². The Morgan fingerprint density at radius 3 is 2.37 bits per heavy atom. The first kappa shape index (κ1) is 18.9. The number of Topliss-reactive ketones (excluding diaryl/α,β-unsaturated/α-hetero) is 1. The van der Waals surface area contributed by atoms with Gasteiger partial charge in [-0.25, -0.2) is 0 Å². The molecule has 27 heavy (non-hydrogen) atoms. The van der Waals surface area contributed by atoms with Crippen molar-refractivity contribution in [2.45, 2.75) is 47.0 Å². The van der Waals surface area contributed by atoms with Crippen LogP contribution >= 0.6 is 0 Å². The molecule has 0 aromatic rings. The zero-order valence-electron chi connectivity index (χ0n) is 16.1. The predicted octanol–water partition coefficient (Wildman–Crippen LogP) is 3.82. The molecule has 0 amide bonds. The van der Waals surface area contributed by atoms with Crippen LogP contribution in [0.4, 0.5) is 0 Å². The standard InChI is InChI=1S/C23H22N2O2/c1-5-6-8-23-9-7-18-21(2,3)20(27)16(14-25)11-22(18,4)19(23)10-17(26)15(12-23)13-24/h10-12,18H,5,7,9H2,1-4H3/t18-,22-,23-/m0/s1. The van der Waals surface area contributed by atoms with Gasteiger partial charge in [0.2, 0.25) is 0 Å². The van der Waals surface area contributed by atoms with Gasteiger partial charge in [0, 0.05) is 17.3 Å². The summed E-state index contributed by atoms with van der Waals surface area (Å²) in [4.78, 5) is 25.3. The second-order valence-electron chi connectivity index (χ2n) is 8.31. The third kappa shape index (κ3) is 2.50. The molecule has 3 aliphatic carbocycles. The van der Waals surface area contributed by atoms with Crippen molar-refractivity contribution in [2.75, 3.05) is 0 Å². The van der Waals surface area contributed by atoms with Crippen molar-refractivity contribution in [2.24, 2.45) is 22.2 Å². The van der Waals surface area contributed by atoms with E-state index in [-0.39, 0.29) is 28.6 Å². The van der Waals surface area contributed by atoms with Crippen molar-refractivity contribution in [3.63, 3.8) is 0 Å². The van der Waals surface area contributed by atoms with E-state index in [1.807, 2.05) is 39.8 Å². The van der Waals surface area contributed by atoms with E-state index in [4.69, 9.17) is 0 Å². The molecule has 0 aromatic carbocycles. The molecule has 1 saturated carbocycles. The van der Waals surface area contributed by atoms with Gasteiger partial charge in [0.25, 0.3) is 0 Å². The summed E-state index contributed by atoms with van der Waals surface area (Å²) in [6.07, 6.45) is 7.02. The Hall–Kier alpha value is -2.90. The van der Waals surface area contributed by atoms with Crippen LogP contribution in [0.15, 0.2) is 34.9 Å². The van der Waals surface area contributed by atoms with Gasteiger partial charge < -0.3 is 0 Å². The highest BCUT2D eigenvalue weighted by Crippen LogP contribution is 2.63. The fourth-order valence-corrected chi connectivity index (χ4v) is 5.18. The van der Waals surface area contributed by atoms with Crippen LogP contribution < -0.4 is 0 Å². The third-order valence-electron chi connectivity index (χ3n) is 6.42. The average Bonchev–Trinajstić information content (AvgIpc) is 2.63. The molecule has 0 aromatic heterocycles. The molecule has 0 saturated heterocycles. The second-order valence-corrected chi connectivity index (χ2v) is 8.31. The molecule has 0 aliphatic heterocycles. The Labute approximate surface area is 160 Å². The van der Waals surface area contributed by atoms with Gasteiger partial charge in [-0.15, -0.1) is 5.92 Å². The van der Waals surface area contributed by atoms with Crippen molar-refractivity contribution in [1.82, 2.24) is 0 Å². The highest BCUT2D eigenvalue weighted by molar-refractivity contribution is 6.09. The van der Waals surface area contributed by atoms with Gasteiger partial charge in [0.1, 0.15) is 12.1 Å². The summed E-state index contributed by atoms with van der Waals surface area (Å²) < 4.78 is 0. The number of hydrogen-bond acceptors (Lipinski definition) is 4. The van der Waals surface area contributed by atoms with Crippen LogP contribution in [0.1, 0.15) is 47.0 Å². The summed E-state index contributed by atoms with van der Waals surface area (Å²) >= 11 is 0. The van der Waals surface area contributed by atoms with Gasteiger partial charge in [0.05, 0.1) is 16.6 Å². The van der Waals surface area contributed by atoms with E-state index in [0.717, 1.165) is 12.0 Å². The largest absolute Gasteiger partial charge is 0.293 e. The molecule has 4 nitrogen and oxygen atoms in total. The van der Waals surface area contributed by atoms with E-state index >= 15 is 0 Å². The Balaban J connectivity index is 2.31. The van der Waals surface area contributed by atoms with Crippen LogP contribution in [-0.4, -0.2) is 11.6 Å². The minimum atomic E-state index is -0.706. The summed E-state index contributed by atoms with van der Waals surface area (Å²) in [5.74, 6) is 5.92. The van der Waals surface area contributed by atoms with E-state index in [9.17, 15) is 20.1 Å². The van der Waals surface area contributed by atoms with Crippen molar-refractivity contribution in [1.29, 1.82) is 10.5 Å². The van der Waals surface area contributed by atoms with E-state index in [0.29, 0.717) is 12.8 Å². The summed E-state index contributed by atoms with van der Waals surface area (Å²) in [5.41, 5.74) is -0.987. The molecule has 3 rings (SSSR count). The van der Waals surface area contributed by atoms with Gasteiger partial charge in [-0.1, -0.05) is 39.7 Å². The van der Waals surface area contributed by atoms with E-state index < -0.39 is 16.2 Å². The summed E-state index contributed by atoms with van der Waals surface area (Å²) in [6.45, 7) is 7.72. The number of allylic oxidation sites excluding steroid dienone is 6. The quantitative estimate of drug-likeness (QED) is 0.616. The fraction of sp³-hybridized carbons (Fsp3) is 0.478. The number of carbonyl (C=O) groups is 2. The van der Waals surface area contributed by atoms with Gasteiger partial charge >= 0.3 is 0 Å². The number of ketones is 2. The summed E-state index contributed by atoms with van der Waals surface area (Å²) in [6, 6.07) is 4.04. The molecule has 0 N–H and O–H groups in total. The smallest absolute Gasteiger partial charge is 0.196 e. The molecule has 0 bridgehead atoms. The van der Waals surface area contributed by atoms with Crippen molar-refractivity contribution in [3.05, 3.63) is 34.9 Å². The normalized spacial score (nSPS) is 33.7. The van der Waals surface area contributed by atoms with Crippen LogP contribution in [0, 0.1) is 56.7 Å². The minimum Gasteiger partial charge on any atom is -0.293 e. The number of nitrogens with zero attached hydrogens (tertiary/aromatic N) is 2. The first-order valence-electron chi connectivity index (χ1n) is 9.24. The summed E-state index contributed by atoms with van der Waals surface area (Å²) in [7, 11) is 0.